The molecule has 0 unspecified atom stereocenters. The third-order valence-corrected chi connectivity index (χ3v) is 11.8. The fourth-order valence-electron chi connectivity index (χ4n) is 6.65. The molecule has 0 N–H and O–H groups in total. The maximum Gasteiger partial charge on any atom is 0.306 e. The molecule has 0 radical (unpaired) electrons. The summed E-state index contributed by atoms with van der Waals surface area (Å²) < 4.78 is 8.19. The molecule has 1 saturated heterocycles. The summed E-state index contributed by atoms with van der Waals surface area (Å²) in [4.78, 5) is 26.7. The van der Waals surface area contributed by atoms with Crippen molar-refractivity contribution in [3.05, 3.63) is 120 Å². The summed E-state index contributed by atoms with van der Waals surface area (Å²) in [6.45, 7) is 10.4. The van der Waals surface area contributed by atoms with Crippen LogP contribution < -0.4 is 0 Å². The molecule has 6 aromatic rings. The number of alkyl halides is 1. The van der Waals surface area contributed by atoms with Crippen molar-refractivity contribution in [2.45, 2.75) is 64.4 Å². The summed E-state index contributed by atoms with van der Waals surface area (Å²) in [7, 11) is 0. The van der Waals surface area contributed by atoms with Crippen molar-refractivity contribution < 1.29 is 9.53 Å². The predicted molar refractivity (Wildman–Crippen MR) is 238 cm³/mol. The van der Waals surface area contributed by atoms with E-state index in [1.54, 1.807) is 37.2 Å². The Morgan fingerprint density at radius 1 is 0.702 bits per heavy atom. The first kappa shape index (κ1) is 43.8. The molecule has 7 rings (SSSR count). The van der Waals surface area contributed by atoms with Gasteiger partial charge < -0.3 is 4.74 Å². The zero-order chi connectivity index (χ0) is 41.3. The van der Waals surface area contributed by atoms with Crippen molar-refractivity contribution in [1.29, 1.82) is 15.8 Å². The van der Waals surface area contributed by atoms with Gasteiger partial charge in [0.25, 0.3) is 0 Å². The second-order valence-electron chi connectivity index (χ2n) is 14.7. The lowest BCUT2D eigenvalue weighted by Crippen LogP contribution is -2.34. The Bertz CT molecular complexity index is 2560. The summed E-state index contributed by atoms with van der Waals surface area (Å²) in [6.07, 6.45) is 12.9. The molecule has 0 amide bonds. The molecular weight excluding hydrogens is 978 g/mol. The first-order chi connectivity index (χ1) is 27.2. The number of piperidine rings is 1. The standard InChI is InChI=1S/C22H26BrN3O2.C11H6Br2N2.C11H7BrN2/c1-22(2,3)28-21(27)10-15-4-6-26(7-5-15)14-16-8-17(11-24)19-12-25-13-20(23)18(19)9-16;12-3-7-1-8(4-14)10-5-15-6-11(13)9(10)2-7;1-7-2-8(4-13)10-5-14-6-11(12)9(10)3-7/h8-9,12-13,15H,4-7,10,14H2,1-3H3;1-2,5-6H,3H2;2-3,5-6H,1H3. The molecule has 0 bridgehead atoms. The number of halogens is 4. The van der Waals surface area contributed by atoms with E-state index < -0.39 is 5.60 Å². The van der Waals surface area contributed by atoms with Crippen molar-refractivity contribution in [1.82, 2.24) is 19.9 Å². The zero-order valence-electron chi connectivity index (χ0n) is 31.9. The number of carbonyl (C=O) groups is 1. The third kappa shape index (κ3) is 11.7. The Morgan fingerprint density at radius 2 is 1.14 bits per heavy atom. The van der Waals surface area contributed by atoms with Crippen molar-refractivity contribution >= 4 is 102 Å². The van der Waals surface area contributed by atoms with Gasteiger partial charge >= 0.3 is 5.97 Å². The van der Waals surface area contributed by atoms with Crippen molar-refractivity contribution in [2.24, 2.45) is 5.92 Å². The van der Waals surface area contributed by atoms with E-state index in [0.717, 1.165) is 100 Å². The number of pyridine rings is 3. The van der Waals surface area contributed by atoms with Gasteiger partial charge in [-0.15, -0.1) is 0 Å². The van der Waals surface area contributed by atoms with Crippen LogP contribution in [0.25, 0.3) is 32.3 Å². The Labute approximate surface area is 366 Å². The summed E-state index contributed by atoms with van der Waals surface area (Å²) in [6, 6.07) is 18.6. The van der Waals surface area contributed by atoms with Crippen LogP contribution >= 0.6 is 63.7 Å². The smallest absolute Gasteiger partial charge is 0.306 e. The number of hydrogen-bond acceptors (Lipinski definition) is 9. The monoisotopic (exact) mass is 1010 g/mol. The first-order valence-electron chi connectivity index (χ1n) is 18.1. The number of rotatable bonds is 5. The van der Waals surface area contributed by atoms with E-state index in [0.29, 0.717) is 29.0 Å². The van der Waals surface area contributed by atoms with Gasteiger partial charge in [0.15, 0.2) is 0 Å². The molecule has 3 aromatic carbocycles. The van der Waals surface area contributed by atoms with Crippen LogP contribution in [0.5, 0.6) is 0 Å². The highest BCUT2D eigenvalue weighted by atomic mass is 79.9. The third-order valence-electron chi connectivity index (χ3n) is 9.25. The number of fused-ring (bicyclic) bond motifs is 3. The number of carbonyl (C=O) groups excluding carboxylic acids is 1. The average Bonchev–Trinajstić information content (AvgIpc) is 3.18. The number of benzene rings is 3. The van der Waals surface area contributed by atoms with Crippen molar-refractivity contribution in [2.75, 3.05) is 13.1 Å². The highest BCUT2D eigenvalue weighted by Gasteiger charge is 2.25. The topological polar surface area (TPSA) is 140 Å². The van der Waals surface area contributed by atoms with Gasteiger partial charge in [-0.05, 0) is 154 Å². The molecule has 1 aliphatic heterocycles. The van der Waals surface area contributed by atoms with Crippen molar-refractivity contribution in [3.63, 3.8) is 0 Å². The van der Waals surface area contributed by atoms with Crippen LogP contribution in [0.3, 0.4) is 0 Å². The number of aryl methyl sites for hydroxylation is 1. The normalized spacial score (nSPS) is 13.1. The van der Waals surface area contributed by atoms with Gasteiger partial charge in [-0.1, -0.05) is 22.0 Å². The van der Waals surface area contributed by atoms with Crippen LogP contribution in [-0.2, 0) is 21.4 Å². The highest BCUT2D eigenvalue weighted by Crippen LogP contribution is 2.30. The number of esters is 1. The molecule has 0 spiro atoms. The molecule has 0 aliphatic carbocycles. The lowest BCUT2D eigenvalue weighted by atomic mass is 9.93. The molecule has 3 aromatic heterocycles. The number of hydrogen-bond donors (Lipinski definition) is 0. The fraction of sp³-hybridized carbons (Fsp3) is 0.295. The molecular formula is C44H39Br4N7O2. The van der Waals surface area contributed by atoms with Gasteiger partial charge in [0.2, 0.25) is 0 Å². The number of ether oxygens (including phenoxy) is 1. The molecule has 290 valence electrons. The maximum atomic E-state index is 12.1. The molecule has 57 heavy (non-hydrogen) atoms. The minimum Gasteiger partial charge on any atom is -0.460 e. The van der Waals surface area contributed by atoms with E-state index >= 15 is 0 Å². The fourth-order valence-corrected chi connectivity index (χ4v) is 8.31. The Hall–Kier alpha value is -4.29. The Morgan fingerprint density at radius 3 is 1.60 bits per heavy atom. The Balaban J connectivity index is 0.000000179. The second-order valence-corrected chi connectivity index (χ2v) is 17.9. The first-order valence-corrected chi connectivity index (χ1v) is 21.6. The molecule has 1 aliphatic rings. The van der Waals surface area contributed by atoms with Crippen molar-refractivity contribution in [3.8, 4) is 18.2 Å². The van der Waals surface area contributed by atoms with E-state index in [4.69, 9.17) is 15.3 Å². The van der Waals surface area contributed by atoms with E-state index in [1.165, 1.54) is 0 Å². The van der Waals surface area contributed by atoms with E-state index in [-0.39, 0.29) is 5.97 Å². The molecule has 9 nitrogen and oxygen atoms in total. The molecule has 0 saturated carbocycles. The zero-order valence-corrected chi connectivity index (χ0v) is 38.3. The average molecular weight is 1020 g/mol. The van der Waals surface area contributed by atoms with E-state index in [2.05, 4.69) is 114 Å². The largest absolute Gasteiger partial charge is 0.460 e. The quantitative estimate of drug-likeness (QED) is 0.122. The lowest BCUT2D eigenvalue weighted by molar-refractivity contribution is -0.156. The van der Waals surface area contributed by atoms with Gasteiger partial charge in [-0.25, -0.2) is 0 Å². The van der Waals surface area contributed by atoms with Gasteiger partial charge in [-0.3, -0.25) is 24.6 Å². The highest BCUT2D eigenvalue weighted by molar-refractivity contribution is 9.11. The number of nitriles is 3. The molecule has 1 fully saturated rings. The van der Waals surface area contributed by atoms with Crippen LogP contribution in [0.15, 0.2) is 87.0 Å². The summed E-state index contributed by atoms with van der Waals surface area (Å²) in [5.41, 5.74) is 4.87. The van der Waals surface area contributed by atoms with Gasteiger partial charge in [-0.2, -0.15) is 15.8 Å². The predicted octanol–water partition coefficient (Wildman–Crippen LogP) is 11.8. The molecule has 0 atom stereocenters. The lowest BCUT2D eigenvalue weighted by Gasteiger charge is -2.32. The van der Waals surface area contributed by atoms with Crippen LogP contribution in [0, 0.1) is 46.8 Å². The number of aromatic nitrogens is 3. The molecule has 4 heterocycles. The number of nitrogens with zero attached hydrogens (tertiary/aromatic N) is 7. The number of likely N-dealkylation sites (tertiary alicyclic amines) is 1. The second kappa shape index (κ2) is 19.9. The summed E-state index contributed by atoms with van der Waals surface area (Å²) in [5, 5.41) is 34.0. The Kier molecular flexibility index (Phi) is 15.3. The van der Waals surface area contributed by atoms with Gasteiger partial charge in [0.05, 0.1) is 34.9 Å². The van der Waals surface area contributed by atoms with Crippen LogP contribution in [-0.4, -0.2) is 44.5 Å². The van der Waals surface area contributed by atoms with Crippen LogP contribution in [0.2, 0.25) is 0 Å². The van der Waals surface area contributed by atoms with Gasteiger partial charge in [0.1, 0.15) is 5.60 Å². The summed E-state index contributed by atoms with van der Waals surface area (Å²) in [5.74, 6) is 0.287. The van der Waals surface area contributed by atoms with E-state index in [1.807, 2.05) is 52.0 Å². The SMILES string of the molecule is CC(C)(C)OC(=O)CC1CCN(Cc2cc(C#N)c3cncc(Br)c3c2)CC1.Cc1cc(C#N)c2cncc(Br)c2c1.N#Cc1cc(CBr)cc2c(Br)cncc12. The minimum absolute atomic E-state index is 0.0994. The minimum atomic E-state index is -0.421. The van der Waals surface area contributed by atoms with E-state index in [9.17, 15) is 10.1 Å². The molecule has 13 heteroatoms. The maximum absolute atomic E-state index is 12.1. The van der Waals surface area contributed by atoms with Gasteiger partial charge in [0, 0.05) is 101 Å². The van der Waals surface area contributed by atoms with Crippen LogP contribution in [0.1, 0.15) is 73.4 Å². The van der Waals surface area contributed by atoms with Crippen LogP contribution in [0.4, 0.5) is 0 Å². The summed E-state index contributed by atoms with van der Waals surface area (Å²) >= 11 is 13.8.